The molecule has 3 aliphatic rings. The van der Waals surface area contributed by atoms with Gasteiger partial charge in [-0.25, -0.2) is 0 Å². The number of fused-ring (bicyclic) bond motifs is 5. The minimum absolute atomic E-state index is 0.105. The largest absolute Gasteiger partial charge is 0.506 e. The lowest BCUT2D eigenvalue weighted by molar-refractivity contribution is -0.0226. The number of benzene rings is 1. The topological polar surface area (TPSA) is 52.5 Å². The van der Waals surface area contributed by atoms with Gasteiger partial charge in [0.1, 0.15) is 5.75 Å². The van der Waals surface area contributed by atoms with E-state index in [1.807, 2.05) is 6.07 Å². The van der Waals surface area contributed by atoms with Crippen LogP contribution < -0.4 is 5.32 Å². The fraction of sp³-hybridized carbons (Fsp3) is 0.700. The molecule has 0 bridgehead atoms. The molecule has 3 aliphatic carbocycles. The Balaban J connectivity index is 1.70. The van der Waals surface area contributed by atoms with E-state index in [0.29, 0.717) is 23.5 Å². The number of nitrogens with one attached hydrogen (secondary N) is 1. The third-order valence-corrected chi connectivity index (χ3v) is 7.16. The van der Waals surface area contributed by atoms with Crippen molar-refractivity contribution in [1.82, 2.24) is 0 Å². The molecule has 0 amide bonds. The Morgan fingerprint density at radius 1 is 1.22 bits per heavy atom. The summed E-state index contributed by atoms with van der Waals surface area (Å²) >= 11 is 0. The Kier molecular flexibility index (Phi) is 3.60. The first-order valence-corrected chi connectivity index (χ1v) is 9.32. The highest BCUT2D eigenvalue weighted by molar-refractivity contribution is 5.61. The van der Waals surface area contributed by atoms with E-state index in [1.54, 1.807) is 0 Å². The molecule has 3 N–H and O–H groups in total. The van der Waals surface area contributed by atoms with Gasteiger partial charge >= 0.3 is 0 Å². The lowest BCUT2D eigenvalue weighted by Crippen LogP contribution is -2.43. The number of hydrogen-bond donors (Lipinski definition) is 3. The van der Waals surface area contributed by atoms with Crippen LogP contribution >= 0.6 is 0 Å². The molecule has 0 heterocycles. The van der Waals surface area contributed by atoms with Crippen LogP contribution in [0.4, 0.5) is 5.69 Å². The molecule has 0 radical (unpaired) electrons. The molecule has 4 rings (SSSR count). The summed E-state index contributed by atoms with van der Waals surface area (Å²) in [6.07, 6.45) is 6.66. The summed E-state index contributed by atoms with van der Waals surface area (Å²) in [6.45, 7) is 5.21. The van der Waals surface area contributed by atoms with E-state index in [9.17, 15) is 10.2 Å². The van der Waals surface area contributed by atoms with Crippen LogP contribution in [-0.4, -0.2) is 22.9 Å². The van der Waals surface area contributed by atoms with Crippen molar-refractivity contribution < 1.29 is 10.2 Å². The van der Waals surface area contributed by atoms with E-state index in [4.69, 9.17) is 0 Å². The zero-order valence-corrected chi connectivity index (χ0v) is 14.3. The smallest absolute Gasteiger partial charge is 0.138 e. The van der Waals surface area contributed by atoms with Crippen molar-refractivity contribution in [2.24, 2.45) is 17.3 Å². The van der Waals surface area contributed by atoms with Crippen LogP contribution in [0.2, 0.25) is 0 Å². The van der Waals surface area contributed by atoms with Crippen LogP contribution in [0.25, 0.3) is 0 Å². The van der Waals surface area contributed by atoms with Crippen molar-refractivity contribution in [2.75, 3.05) is 11.9 Å². The molecule has 1 aromatic carbocycles. The SMILES string of the molecule is CCNc1cc2c(cc1O)CC[C@@H]1[C@@H]2CC[C@]2(C)[C@@H]1CC[C@@H]2O. The zero-order chi connectivity index (χ0) is 16.2. The molecule has 0 aromatic heterocycles. The molecular weight excluding hydrogens is 286 g/mol. The first kappa shape index (κ1) is 15.3. The Labute approximate surface area is 139 Å². The number of phenolic OH excluding ortho intramolecular Hbond substituents is 1. The number of aliphatic hydroxyl groups is 1. The first-order valence-electron chi connectivity index (χ1n) is 9.32. The second kappa shape index (κ2) is 5.41. The predicted octanol–water partition coefficient (Wildman–Crippen LogP) is 4.04. The number of anilines is 1. The second-order valence-corrected chi connectivity index (χ2v) is 8.15. The molecule has 3 heteroatoms. The van der Waals surface area contributed by atoms with Gasteiger partial charge in [0.25, 0.3) is 0 Å². The summed E-state index contributed by atoms with van der Waals surface area (Å²) in [5.74, 6) is 2.37. The summed E-state index contributed by atoms with van der Waals surface area (Å²) in [5, 5.41) is 24.0. The number of hydrogen-bond acceptors (Lipinski definition) is 3. The third-order valence-electron chi connectivity index (χ3n) is 7.16. The van der Waals surface area contributed by atoms with Gasteiger partial charge in [-0.2, -0.15) is 0 Å². The monoisotopic (exact) mass is 315 g/mol. The number of rotatable bonds is 2. The highest BCUT2D eigenvalue weighted by atomic mass is 16.3. The summed E-state index contributed by atoms with van der Waals surface area (Å²) in [7, 11) is 0. The van der Waals surface area contributed by atoms with E-state index in [0.717, 1.165) is 31.5 Å². The molecule has 2 fully saturated rings. The van der Waals surface area contributed by atoms with Crippen molar-refractivity contribution in [2.45, 2.75) is 64.4 Å². The van der Waals surface area contributed by atoms with Crippen molar-refractivity contribution in [3.05, 3.63) is 23.3 Å². The number of aryl methyl sites for hydroxylation is 1. The van der Waals surface area contributed by atoms with Crippen molar-refractivity contribution >= 4 is 5.69 Å². The molecule has 2 saturated carbocycles. The average molecular weight is 315 g/mol. The summed E-state index contributed by atoms with van der Waals surface area (Å²) in [6, 6.07) is 4.19. The van der Waals surface area contributed by atoms with Gasteiger partial charge in [0.15, 0.2) is 0 Å². The van der Waals surface area contributed by atoms with Gasteiger partial charge in [0.2, 0.25) is 0 Å². The zero-order valence-electron chi connectivity index (χ0n) is 14.3. The molecule has 5 atom stereocenters. The maximum absolute atomic E-state index is 10.5. The van der Waals surface area contributed by atoms with Gasteiger partial charge in [0.05, 0.1) is 11.8 Å². The number of phenols is 1. The molecule has 0 aliphatic heterocycles. The summed E-state index contributed by atoms with van der Waals surface area (Å²) in [4.78, 5) is 0. The lowest BCUT2D eigenvalue weighted by Gasteiger charge is -2.50. The van der Waals surface area contributed by atoms with E-state index < -0.39 is 0 Å². The Hall–Kier alpha value is -1.22. The molecule has 23 heavy (non-hydrogen) atoms. The lowest BCUT2D eigenvalue weighted by atomic mass is 9.55. The Morgan fingerprint density at radius 2 is 2.04 bits per heavy atom. The van der Waals surface area contributed by atoms with Crippen molar-refractivity contribution in [3.63, 3.8) is 0 Å². The van der Waals surface area contributed by atoms with Gasteiger partial charge in [-0.1, -0.05) is 6.92 Å². The highest BCUT2D eigenvalue weighted by Crippen LogP contribution is 2.61. The van der Waals surface area contributed by atoms with Crippen molar-refractivity contribution in [1.29, 1.82) is 0 Å². The van der Waals surface area contributed by atoms with Gasteiger partial charge in [-0.3, -0.25) is 0 Å². The van der Waals surface area contributed by atoms with Crippen LogP contribution in [0.15, 0.2) is 12.1 Å². The molecule has 0 saturated heterocycles. The maximum atomic E-state index is 10.5. The molecule has 1 aromatic rings. The minimum atomic E-state index is -0.105. The fourth-order valence-electron chi connectivity index (χ4n) is 5.91. The van der Waals surface area contributed by atoms with E-state index in [-0.39, 0.29) is 11.5 Å². The van der Waals surface area contributed by atoms with E-state index in [2.05, 4.69) is 25.2 Å². The molecule has 0 unspecified atom stereocenters. The maximum Gasteiger partial charge on any atom is 0.138 e. The predicted molar refractivity (Wildman–Crippen MR) is 92.9 cm³/mol. The van der Waals surface area contributed by atoms with Gasteiger partial charge in [0, 0.05) is 6.54 Å². The van der Waals surface area contributed by atoms with E-state index in [1.165, 1.54) is 30.4 Å². The van der Waals surface area contributed by atoms with E-state index >= 15 is 0 Å². The van der Waals surface area contributed by atoms with Crippen molar-refractivity contribution in [3.8, 4) is 5.75 Å². The number of aliphatic hydroxyl groups excluding tert-OH is 1. The standard InChI is InChI=1S/C20H29NO2/c1-3-21-17-11-15-12(10-18(17)22)4-5-14-13(15)8-9-20(2)16(14)6-7-19(20)23/h10-11,13-14,16,19,21-23H,3-9H2,1-2H3/t13-,14+,16+,19-,20+/m0/s1. The van der Waals surface area contributed by atoms with Crippen LogP contribution in [0, 0.1) is 17.3 Å². The number of aromatic hydroxyl groups is 1. The molecule has 3 nitrogen and oxygen atoms in total. The first-order chi connectivity index (χ1) is 11.0. The molecule has 126 valence electrons. The fourth-order valence-corrected chi connectivity index (χ4v) is 5.91. The summed E-state index contributed by atoms with van der Waals surface area (Å²) < 4.78 is 0. The van der Waals surface area contributed by atoms with Crippen LogP contribution in [0.3, 0.4) is 0 Å². The molecular formula is C20H29NO2. The highest BCUT2D eigenvalue weighted by Gasteiger charge is 2.54. The Bertz CT molecular complexity index is 614. The molecule has 0 spiro atoms. The normalized spacial score (nSPS) is 38.6. The second-order valence-electron chi connectivity index (χ2n) is 8.15. The Morgan fingerprint density at radius 3 is 2.83 bits per heavy atom. The average Bonchev–Trinajstić information content (AvgIpc) is 2.84. The minimum Gasteiger partial charge on any atom is -0.506 e. The van der Waals surface area contributed by atoms with Crippen LogP contribution in [0.1, 0.15) is 63.0 Å². The summed E-state index contributed by atoms with van der Waals surface area (Å²) in [5.41, 5.74) is 3.82. The van der Waals surface area contributed by atoms with Gasteiger partial charge in [-0.05, 0) is 91.9 Å². The quantitative estimate of drug-likeness (QED) is 0.722. The van der Waals surface area contributed by atoms with Crippen LogP contribution in [-0.2, 0) is 6.42 Å². The van der Waals surface area contributed by atoms with Gasteiger partial charge in [-0.15, -0.1) is 0 Å². The third kappa shape index (κ3) is 2.20. The van der Waals surface area contributed by atoms with Gasteiger partial charge < -0.3 is 15.5 Å². The van der Waals surface area contributed by atoms with Crippen LogP contribution in [0.5, 0.6) is 5.75 Å².